The standard InChI is InChI=1S/C30H32F2N4O3/c1-19-11-26(39-2)24(23-7-9-33-27(19)23)16-35-10-8-29(17-30(31,32)18-29)12-25(35)21-5-3-20(4-6-21)14-36-15-22(13-34-36)28(37)38/h3-7,9,11,13,15,25,33H,8,10,12,14,16-18H2,1-2H3,(H,37,38). The van der Waals surface area contributed by atoms with Gasteiger partial charge in [0.15, 0.2) is 0 Å². The van der Waals surface area contributed by atoms with Crippen molar-refractivity contribution >= 4 is 16.9 Å². The maximum atomic E-state index is 14.0. The number of halogens is 2. The number of nitrogens with zero attached hydrogens (tertiary/aromatic N) is 3. The van der Waals surface area contributed by atoms with Crippen LogP contribution < -0.4 is 4.74 Å². The van der Waals surface area contributed by atoms with Crippen molar-refractivity contribution in [1.82, 2.24) is 19.7 Å². The van der Waals surface area contributed by atoms with E-state index in [1.165, 1.54) is 12.4 Å². The minimum atomic E-state index is -2.56. The predicted octanol–water partition coefficient (Wildman–Crippen LogP) is 6.18. The Morgan fingerprint density at radius 2 is 1.97 bits per heavy atom. The molecule has 0 radical (unpaired) electrons. The topological polar surface area (TPSA) is 83.4 Å². The molecule has 1 aliphatic carbocycles. The molecule has 7 nitrogen and oxygen atoms in total. The van der Waals surface area contributed by atoms with Gasteiger partial charge in [-0.05, 0) is 60.5 Å². The number of carboxylic acids is 1. The van der Waals surface area contributed by atoms with Crippen LogP contribution in [-0.2, 0) is 13.1 Å². The van der Waals surface area contributed by atoms with Crippen molar-refractivity contribution in [2.75, 3.05) is 13.7 Å². The molecule has 0 bridgehead atoms. The Morgan fingerprint density at radius 3 is 2.64 bits per heavy atom. The Bertz CT molecular complexity index is 1520. The van der Waals surface area contributed by atoms with Crippen molar-refractivity contribution in [2.24, 2.45) is 5.41 Å². The third-order valence-corrected chi connectivity index (χ3v) is 8.55. The molecule has 2 N–H and O–H groups in total. The molecule has 39 heavy (non-hydrogen) atoms. The monoisotopic (exact) mass is 534 g/mol. The van der Waals surface area contributed by atoms with Gasteiger partial charge < -0.3 is 14.8 Å². The van der Waals surface area contributed by atoms with Gasteiger partial charge in [0.1, 0.15) is 5.75 Å². The number of alkyl halides is 2. The number of aromatic amines is 1. The number of aromatic nitrogens is 3. The lowest BCUT2D eigenvalue weighted by Crippen LogP contribution is -2.53. The maximum absolute atomic E-state index is 14.0. The number of piperidine rings is 1. The van der Waals surface area contributed by atoms with Crippen molar-refractivity contribution in [3.8, 4) is 5.75 Å². The van der Waals surface area contributed by atoms with Crippen molar-refractivity contribution in [3.63, 3.8) is 0 Å². The number of aromatic carboxylic acids is 1. The summed E-state index contributed by atoms with van der Waals surface area (Å²) in [5, 5.41) is 14.4. The van der Waals surface area contributed by atoms with E-state index in [4.69, 9.17) is 9.84 Å². The summed E-state index contributed by atoms with van der Waals surface area (Å²) in [6, 6.07) is 12.3. The molecule has 9 heteroatoms. The van der Waals surface area contributed by atoms with E-state index in [-0.39, 0.29) is 29.9 Å². The lowest BCUT2D eigenvalue weighted by molar-refractivity contribution is -0.186. The van der Waals surface area contributed by atoms with Crippen LogP contribution in [0, 0.1) is 12.3 Å². The third kappa shape index (κ3) is 4.80. The van der Waals surface area contributed by atoms with Crippen LogP contribution in [0.5, 0.6) is 5.75 Å². The molecule has 1 aliphatic heterocycles. The minimum Gasteiger partial charge on any atom is -0.496 e. The first kappa shape index (κ1) is 25.6. The quantitative estimate of drug-likeness (QED) is 0.296. The summed E-state index contributed by atoms with van der Waals surface area (Å²) in [5.41, 5.74) is 5.20. The number of hydrogen-bond acceptors (Lipinski definition) is 4. The Labute approximate surface area is 225 Å². The van der Waals surface area contributed by atoms with Gasteiger partial charge in [-0.1, -0.05) is 24.3 Å². The normalized spacial score (nSPS) is 20.3. The molecule has 1 atom stereocenters. The van der Waals surface area contributed by atoms with Crippen LogP contribution in [0.3, 0.4) is 0 Å². The van der Waals surface area contributed by atoms with Crippen molar-refractivity contribution in [3.05, 3.63) is 82.8 Å². The Kier molecular flexibility index (Phi) is 6.21. The smallest absolute Gasteiger partial charge is 0.338 e. The number of methoxy groups -OCH3 is 1. The molecule has 2 aromatic heterocycles. The summed E-state index contributed by atoms with van der Waals surface area (Å²) >= 11 is 0. The molecule has 4 aromatic rings. The number of ether oxygens (including phenoxy) is 1. The summed E-state index contributed by atoms with van der Waals surface area (Å²) < 4.78 is 35.5. The summed E-state index contributed by atoms with van der Waals surface area (Å²) in [7, 11) is 1.69. The predicted molar refractivity (Wildman–Crippen MR) is 143 cm³/mol. The van der Waals surface area contributed by atoms with Crippen LogP contribution in [0.4, 0.5) is 8.78 Å². The number of nitrogens with one attached hydrogen (secondary N) is 1. The van der Waals surface area contributed by atoms with Gasteiger partial charge in [-0.25, -0.2) is 13.6 Å². The second-order valence-electron chi connectivity index (χ2n) is 11.3. The summed E-state index contributed by atoms with van der Waals surface area (Å²) in [4.78, 5) is 16.9. The van der Waals surface area contributed by atoms with Gasteiger partial charge in [-0.2, -0.15) is 5.10 Å². The van der Waals surface area contributed by atoms with Gasteiger partial charge >= 0.3 is 5.97 Å². The van der Waals surface area contributed by atoms with E-state index < -0.39 is 11.9 Å². The number of carboxylic acid groups (broad SMARTS) is 1. The van der Waals surface area contributed by atoms with Crippen LogP contribution in [0.1, 0.15) is 64.3 Å². The molecule has 0 amide bonds. The molecule has 204 valence electrons. The first-order valence-corrected chi connectivity index (χ1v) is 13.3. The highest BCUT2D eigenvalue weighted by molar-refractivity contribution is 5.88. The number of rotatable bonds is 7. The fourth-order valence-corrected chi connectivity index (χ4v) is 6.64. The molecular formula is C30H32F2N4O3. The lowest BCUT2D eigenvalue weighted by Gasteiger charge is -2.54. The number of benzene rings is 2. The zero-order valence-corrected chi connectivity index (χ0v) is 22.1. The summed E-state index contributed by atoms with van der Waals surface area (Å²) in [6.45, 7) is 3.89. The van der Waals surface area contributed by atoms with Gasteiger partial charge in [0, 0.05) is 54.3 Å². The third-order valence-electron chi connectivity index (χ3n) is 8.55. The highest BCUT2D eigenvalue weighted by Gasteiger charge is 2.58. The van der Waals surface area contributed by atoms with Gasteiger partial charge in [0.25, 0.3) is 0 Å². The number of likely N-dealkylation sites (tertiary alicyclic amines) is 1. The first-order valence-electron chi connectivity index (χ1n) is 13.3. The molecule has 2 aliphatic rings. The zero-order chi connectivity index (χ0) is 27.4. The number of hydrogen-bond donors (Lipinski definition) is 2. The van der Waals surface area contributed by atoms with Crippen LogP contribution in [-0.4, -0.2) is 50.3 Å². The van der Waals surface area contributed by atoms with E-state index in [9.17, 15) is 13.6 Å². The maximum Gasteiger partial charge on any atom is 0.338 e. The zero-order valence-electron chi connectivity index (χ0n) is 22.1. The summed E-state index contributed by atoms with van der Waals surface area (Å²) in [6.07, 6.45) is 6.16. The average Bonchev–Trinajstić information content (AvgIpc) is 3.56. The molecular weight excluding hydrogens is 502 g/mol. The van der Waals surface area contributed by atoms with Crippen LogP contribution >= 0.6 is 0 Å². The number of H-pyrrole nitrogens is 1. The van der Waals surface area contributed by atoms with E-state index in [0.717, 1.165) is 51.9 Å². The molecule has 2 aromatic carbocycles. The molecule has 1 saturated carbocycles. The van der Waals surface area contributed by atoms with Gasteiger partial charge in [0.05, 0.1) is 25.4 Å². The minimum absolute atomic E-state index is 0.00721. The number of fused-ring (bicyclic) bond motifs is 1. The Balaban J connectivity index is 1.29. The Hall–Kier alpha value is -3.72. The second-order valence-corrected chi connectivity index (χ2v) is 11.3. The van der Waals surface area contributed by atoms with Gasteiger partial charge in [-0.3, -0.25) is 9.58 Å². The highest BCUT2D eigenvalue weighted by Crippen LogP contribution is 2.60. The SMILES string of the molecule is COc1cc(C)c2[nH]ccc2c1CN1CCC2(CC1c1ccc(Cn3cc(C(=O)O)cn3)cc1)CC(F)(F)C2. The first-order chi connectivity index (χ1) is 18.7. The molecule has 1 spiro atoms. The van der Waals surface area contributed by atoms with E-state index in [0.29, 0.717) is 19.5 Å². The Morgan fingerprint density at radius 1 is 1.21 bits per heavy atom. The van der Waals surface area contributed by atoms with E-state index >= 15 is 0 Å². The molecule has 1 unspecified atom stereocenters. The fourth-order valence-electron chi connectivity index (χ4n) is 6.64. The van der Waals surface area contributed by atoms with Crippen LogP contribution in [0.2, 0.25) is 0 Å². The van der Waals surface area contributed by atoms with E-state index in [1.807, 2.05) is 18.3 Å². The molecule has 3 heterocycles. The lowest BCUT2D eigenvalue weighted by atomic mass is 9.59. The van der Waals surface area contributed by atoms with Crippen molar-refractivity contribution < 1.29 is 23.4 Å². The molecule has 6 rings (SSSR count). The van der Waals surface area contributed by atoms with Crippen molar-refractivity contribution in [2.45, 2.75) is 57.7 Å². The van der Waals surface area contributed by atoms with Crippen molar-refractivity contribution in [1.29, 1.82) is 0 Å². The number of carbonyl (C=O) groups is 1. The van der Waals surface area contributed by atoms with E-state index in [1.54, 1.807) is 11.8 Å². The second kappa shape index (κ2) is 9.48. The largest absolute Gasteiger partial charge is 0.496 e. The highest BCUT2D eigenvalue weighted by atomic mass is 19.3. The summed E-state index contributed by atoms with van der Waals surface area (Å²) in [5.74, 6) is -2.73. The molecule has 2 fully saturated rings. The van der Waals surface area contributed by atoms with Crippen LogP contribution in [0.25, 0.3) is 10.9 Å². The fraction of sp³-hybridized carbons (Fsp3) is 0.400. The van der Waals surface area contributed by atoms with Gasteiger partial charge in [0.2, 0.25) is 5.92 Å². The van der Waals surface area contributed by atoms with E-state index in [2.05, 4.69) is 46.2 Å². The molecule has 1 saturated heterocycles. The van der Waals surface area contributed by atoms with Crippen LogP contribution in [0.15, 0.2) is 55.0 Å². The average molecular weight is 535 g/mol. The number of aryl methyl sites for hydroxylation is 1. The van der Waals surface area contributed by atoms with Gasteiger partial charge in [-0.15, -0.1) is 0 Å².